The minimum atomic E-state index is -0.318. The molecule has 3 heteroatoms. The summed E-state index contributed by atoms with van der Waals surface area (Å²) in [5.74, 6) is 5.29. The third-order valence-corrected chi connectivity index (χ3v) is 1.88. The predicted octanol–water partition coefficient (Wildman–Crippen LogP) is 1.06. The molecule has 0 aliphatic heterocycles. The molecule has 0 aromatic heterocycles. The average molecular weight is 203 g/mol. The molecule has 3 nitrogen and oxygen atoms in total. The molecule has 0 radical (unpaired) electrons. The number of carbonyl (C=O) groups is 1. The van der Waals surface area contributed by atoms with Crippen molar-refractivity contribution in [1.82, 2.24) is 0 Å². The standard InChI is InChI=1S/C12H13NO2/c1-15-12(14)4-2-3-10-5-7-11(9-13)8-6-10/h5-8H,4,9,13H2,1H3. The van der Waals surface area contributed by atoms with E-state index in [1.165, 1.54) is 7.11 Å². The lowest BCUT2D eigenvalue weighted by Gasteiger charge is -1.95. The third kappa shape index (κ3) is 3.84. The molecule has 0 atom stereocenters. The maximum Gasteiger partial charge on any atom is 0.317 e. The summed E-state index contributed by atoms with van der Waals surface area (Å²) in [4.78, 5) is 10.8. The van der Waals surface area contributed by atoms with E-state index >= 15 is 0 Å². The monoisotopic (exact) mass is 203 g/mol. The molecule has 0 heterocycles. The van der Waals surface area contributed by atoms with Crippen LogP contribution in [-0.2, 0) is 16.1 Å². The first-order valence-corrected chi connectivity index (χ1v) is 4.61. The van der Waals surface area contributed by atoms with E-state index in [2.05, 4.69) is 16.6 Å². The van der Waals surface area contributed by atoms with Crippen LogP contribution in [0.3, 0.4) is 0 Å². The van der Waals surface area contributed by atoms with Crippen LogP contribution in [0, 0.1) is 11.8 Å². The number of carbonyl (C=O) groups excluding carboxylic acids is 1. The Morgan fingerprint density at radius 2 is 2.07 bits per heavy atom. The normalized spacial score (nSPS) is 8.93. The van der Waals surface area contributed by atoms with Crippen LogP contribution >= 0.6 is 0 Å². The van der Waals surface area contributed by atoms with Crippen LogP contribution in [0.15, 0.2) is 24.3 Å². The van der Waals surface area contributed by atoms with Gasteiger partial charge in [0.05, 0.1) is 7.11 Å². The molecular formula is C12H13NO2. The van der Waals surface area contributed by atoms with Gasteiger partial charge in [0.2, 0.25) is 0 Å². The lowest BCUT2D eigenvalue weighted by Crippen LogP contribution is -1.97. The first-order chi connectivity index (χ1) is 7.26. The Balaban J connectivity index is 2.60. The molecule has 0 saturated heterocycles. The van der Waals surface area contributed by atoms with Crippen LogP contribution in [0.1, 0.15) is 17.5 Å². The highest BCUT2D eigenvalue weighted by Gasteiger charge is 1.93. The topological polar surface area (TPSA) is 52.3 Å². The highest BCUT2D eigenvalue weighted by Crippen LogP contribution is 2.01. The molecule has 2 N–H and O–H groups in total. The van der Waals surface area contributed by atoms with Crippen molar-refractivity contribution in [3.05, 3.63) is 35.4 Å². The Kier molecular flexibility index (Phi) is 4.39. The van der Waals surface area contributed by atoms with E-state index < -0.39 is 0 Å². The van der Waals surface area contributed by atoms with E-state index in [0.29, 0.717) is 6.54 Å². The summed E-state index contributed by atoms with van der Waals surface area (Å²) in [5, 5.41) is 0. The van der Waals surface area contributed by atoms with Gasteiger partial charge in [-0.1, -0.05) is 24.0 Å². The number of methoxy groups -OCH3 is 1. The van der Waals surface area contributed by atoms with E-state index in [1.54, 1.807) is 0 Å². The summed E-state index contributed by atoms with van der Waals surface area (Å²) in [6, 6.07) is 7.60. The van der Waals surface area contributed by atoms with E-state index in [-0.39, 0.29) is 12.4 Å². The van der Waals surface area contributed by atoms with Crippen molar-refractivity contribution in [2.24, 2.45) is 5.73 Å². The molecule has 0 fully saturated rings. The van der Waals surface area contributed by atoms with Crippen LogP contribution in [0.25, 0.3) is 0 Å². The minimum Gasteiger partial charge on any atom is -0.468 e. The Morgan fingerprint density at radius 3 is 2.60 bits per heavy atom. The van der Waals surface area contributed by atoms with Crippen molar-refractivity contribution in [2.45, 2.75) is 13.0 Å². The van der Waals surface area contributed by atoms with Gasteiger partial charge in [0, 0.05) is 12.1 Å². The highest BCUT2D eigenvalue weighted by molar-refractivity contribution is 5.72. The predicted molar refractivity (Wildman–Crippen MR) is 57.8 cm³/mol. The largest absolute Gasteiger partial charge is 0.468 e. The van der Waals surface area contributed by atoms with Gasteiger partial charge < -0.3 is 10.5 Å². The summed E-state index contributed by atoms with van der Waals surface area (Å²) in [6.07, 6.45) is 0.120. The first kappa shape index (κ1) is 11.3. The Bertz CT molecular complexity index is 384. The lowest BCUT2D eigenvalue weighted by atomic mass is 10.1. The minimum absolute atomic E-state index is 0.120. The molecule has 0 amide bonds. The first-order valence-electron chi connectivity index (χ1n) is 4.61. The molecule has 0 unspecified atom stereocenters. The van der Waals surface area contributed by atoms with Crippen LogP contribution < -0.4 is 5.73 Å². The molecule has 15 heavy (non-hydrogen) atoms. The van der Waals surface area contributed by atoms with Gasteiger partial charge in [-0.15, -0.1) is 0 Å². The molecule has 0 aliphatic rings. The molecule has 1 rings (SSSR count). The zero-order valence-corrected chi connectivity index (χ0v) is 8.62. The van der Waals surface area contributed by atoms with Crippen molar-refractivity contribution in [2.75, 3.05) is 7.11 Å². The Labute approximate surface area is 89.2 Å². The number of rotatable bonds is 2. The molecule has 0 aliphatic carbocycles. The van der Waals surface area contributed by atoms with Gasteiger partial charge in [0.1, 0.15) is 6.42 Å². The second kappa shape index (κ2) is 5.84. The Morgan fingerprint density at radius 1 is 1.40 bits per heavy atom. The van der Waals surface area contributed by atoms with Crippen molar-refractivity contribution in [3.8, 4) is 11.8 Å². The van der Waals surface area contributed by atoms with Gasteiger partial charge in [-0.05, 0) is 17.7 Å². The van der Waals surface area contributed by atoms with E-state index in [4.69, 9.17) is 5.73 Å². The Hall–Kier alpha value is -1.79. The fraction of sp³-hybridized carbons (Fsp3) is 0.250. The van der Waals surface area contributed by atoms with Crippen LogP contribution in [-0.4, -0.2) is 13.1 Å². The number of hydrogen-bond donors (Lipinski definition) is 1. The molecule has 1 aromatic carbocycles. The van der Waals surface area contributed by atoms with Gasteiger partial charge in [-0.25, -0.2) is 0 Å². The summed E-state index contributed by atoms with van der Waals surface area (Å²) < 4.78 is 4.47. The molecule has 1 aromatic rings. The summed E-state index contributed by atoms with van der Waals surface area (Å²) >= 11 is 0. The van der Waals surface area contributed by atoms with E-state index in [1.807, 2.05) is 24.3 Å². The number of benzene rings is 1. The average Bonchev–Trinajstić information content (AvgIpc) is 2.29. The van der Waals surface area contributed by atoms with Crippen LogP contribution in [0.4, 0.5) is 0 Å². The summed E-state index contributed by atoms with van der Waals surface area (Å²) in [7, 11) is 1.35. The van der Waals surface area contributed by atoms with Crippen LogP contribution in [0.2, 0.25) is 0 Å². The SMILES string of the molecule is COC(=O)CC#Cc1ccc(CN)cc1. The van der Waals surface area contributed by atoms with Gasteiger partial charge in [-0.3, -0.25) is 4.79 Å². The number of hydrogen-bond acceptors (Lipinski definition) is 3. The number of esters is 1. The zero-order valence-electron chi connectivity index (χ0n) is 8.62. The number of nitrogens with two attached hydrogens (primary N) is 1. The van der Waals surface area contributed by atoms with Crippen molar-refractivity contribution >= 4 is 5.97 Å². The van der Waals surface area contributed by atoms with E-state index in [0.717, 1.165) is 11.1 Å². The van der Waals surface area contributed by atoms with Crippen LogP contribution in [0.5, 0.6) is 0 Å². The van der Waals surface area contributed by atoms with Crippen molar-refractivity contribution < 1.29 is 9.53 Å². The second-order valence-electron chi connectivity index (χ2n) is 2.96. The highest BCUT2D eigenvalue weighted by atomic mass is 16.5. The molecule has 78 valence electrons. The fourth-order valence-electron chi connectivity index (χ4n) is 1.01. The van der Waals surface area contributed by atoms with E-state index in [9.17, 15) is 4.79 Å². The maximum absolute atomic E-state index is 10.8. The third-order valence-electron chi connectivity index (χ3n) is 1.88. The maximum atomic E-state index is 10.8. The lowest BCUT2D eigenvalue weighted by molar-refractivity contribution is -0.139. The smallest absolute Gasteiger partial charge is 0.317 e. The second-order valence-corrected chi connectivity index (χ2v) is 2.96. The van der Waals surface area contributed by atoms with Gasteiger partial charge in [0.15, 0.2) is 0 Å². The molecule has 0 bridgehead atoms. The number of ether oxygens (including phenoxy) is 1. The van der Waals surface area contributed by atoms with Gasteiger partial charge in [-0.2, -0.15) is 0 Å². The molecule has 0 saturated carbocycles. The summed E-state index contributed by atoms with van der Waals surface area (Å²) in [6.45, 7) is 0.524. The molecule has 0 spiro atoms. The van der Waals surface area contributed by atoms with Gasteiger partial charge in [0.25, 0.3) is 0 Å². The quantitative estimate of drug-likeness (QED) is 0.577. The fourth-order valence-corrected chi connectivity index (χ4v) is 1.01. The van der Waals surface area contributed by atoms with Crippen molar-refractivity contribution in [1.29, 1.82) is 0 Å². The molecular weight excluding hydrogens is 190 g/mol. The summed E-state index contributed by atoms with van der Waals surface area (Å²) in [5.41, 5.74) is 7.40. The van der Waals surface area contributed by atoms with Gasteiger partial charge >= 0.3 is 5.97 Å². The zero-order chi connectivity index (χ0) is 11.1. The van der Waals surface area contributed by atoms with Crippen molar-refractivity contribution in [3.63, 3.8) is 0 Å².